The Morgan fingerprint density at radius 2 is 2.06 bits per heavy atom. The van der Waals surface area contributed by atoms with E-state index in [2.05, 4.69) is 29.4 Å². The van der Waals surface area contributed by atoms with E-state index in [0.29, 0.717) is 19.1 Å². The number of amides is 1. The van der Waals surface area contributed by atoms with Crippen molar-refractivity contribution >= 4 is 5.91 Å². The second kappa shape index (κ2) is 6.49. The Hall–Kier alpha value is -1.43. The molecule has 1 unspecified atom stereocenters. The van der Waals surface area contributed by atoms with Gasteiger partial charge in [-0.05, 0) is 13.8 Å². The van der Waals surface area contributed by atoms with Crippen LogP contribution in [0.5, 0.6) is 0 Å². The number of hydrogen-bond donors (Lipinski definition) is 1. The van der Waals surface area contributed by atoms with Crippen molar-refractivity contribution in [3.8, 4) is 0 Å². The molecule has 0 saturated carbocycles. The number of ether oxygens (including phenoxy) is 1. The normalized spacial score (nSPS) is 12.8. The molecule has 0 spiro atoms. The molecule has 1 N–H and O–H groups in total. The highest BCUT2D eigenvalue weighted by Gasteiger charge is 2.15. The second-order valence-electron chi connectivity index (χ2n) is 4.50. The largest absolute Gasteiger partial charge is 0.369 e. The van der Waals surface area contributed by atoms with E-state index in [0.717, 1.165) is 11.6 Å². The first-order valence-corrected chi connectivity index (χ1v) is 6.24. The lowest BCUT2D eigenvalue weighted by Gasteiger charge is -2.12. The maximum Gasteiger partial charge on any atom is 0.249 e. The van der Waals surface area contributed by atoms with E-state index in [4.69, 9.17) is 4.74 Å². The molecule has 102 valence electrons. The molecule has 6 heteroatoms. The van der Waals surface area contributed by atoms with Crippen LogP contribution in [0.3, 0.4) is 0 Å². The van der Waals surface area contributed by atoms with Crippen LogP contribution in [0, 0.1) is 0 Å². The van der Waals surface area contributed by atoms with Gasteiger partial charge in [0.2, 0.25) is 5.91 Å². The van der Waals surface area contributed by atoms with Crippen LogP contribution in [0.15, 0.2) is 0 Å². The first-order chi connectivity index (χ1) is 8.47. The van der Waals surface area contributed by atoms with Crippen LogP contribution in [0.25, 0.3) is 0 Å². The fraction of sp³-hybridized carbons (Fsp3) is 0.750. The minimum Gasteiger partial charge on any atom is -0.369 e. The molecule has 0 saturated heterocycles. The zero-order valence-electron chi connectivity index (χ0n) is 11.7. The highest BCUT2D eigenvalue weighted by molar-refractivity contribution is 5.80. The molecule has 6 nitrogen and oxygen atoms in total. The van der Waals surface area contributed by atoms with Crippen LogP contribution in [0.1, 0.15) is 45.3 Å². The minimum absolute atomic E-state index is 0.133. The summed E-state index contributed by atoms with van der Waals surface area (Å²) in [5.41, 5.74) is 0. The fourth-order valence-electron chi connectivity index (χ4n) is 1.67. The summed E-state index contributed by atoms with van der Waals surface area (Å²) in [6.07, 6.45) is -0.437. The molecular formula is C12H22N4O2. The number of carbonyl (C=O) groups excluding carboxylic acids is 1. The third-order valence-electron chi connectivity index (χ3n) is 2.72. The van der Waals surface area contributed by atoms with Crippen LogP contribution < -0.4 is 5.32 Å². The Kier molecular flexibility index (Phi) is 5.27. The summed E-state index contributed by atoms with van der Waals surface area (Å²) >= 11 is 0. The zero-order chi connectivity index (χ0) is 13.7. The van der Waals surface area contributed by atoms with Crippen LogP contribution >= 0.6 is 0 Å². The lowest BCUT2D eigenvalue weighted by atomic mass is 10.2. The topological polar surface area (TPSA) is 69.0 Å². The van der Waals surface area contributed by atoms with Gasteiger partial charge in [0.25, 0.3) is 0 Å². The van der Waals surface area contributed by atoms with Gasteiger partial charge in [0.15, 0.2) is 5.82 Å². The first kappa shape index (κ1) is 14.6. The average molecular weight is 254 g/mol. The molecule has 0 aromatic carbocycles. The van der Waals surface area contributed by atoms with Crippen LogP contribution in [0.4, 0.5) is 0 Å². The molecule has 0 aliphatic heterocycles. The van der Waals surface area contributed by atoms with Gasteiger partial charge in [0, 0.05) is 19.6 Å². The van der Waals surface area contributed by atoms with Gasteiger partial charge < -0.3 is 14.6 Å². The predicted molar refractivity (Wildman–Crippen MR) is 68.0 cm³/mol. The SMILES string of the molecule is CCOC(C)C(=O)NCc1nnc(C(C)C)n1C. The first-order valence-electron chi connectivity index (χ1n) is 6.24. The number of nitrogens with one attached hydrogen (secondary N) is 1. The van der Waals surface area contributed by atoms with Crippen molar-refractivity contribution in [2.45, 2.75) is 46.3 Å². The zero-order valence-corrected chi connectivity index (χ0v) is 11.7. The third-order valence-corrected chi connectivity index (χ3v) is 2.72. The van der Waals surface area contributed by atoms with Crippen LogP contribution in [0.2, 0.25) is 0 Å². The van der Waals surface area contributed by atoms with Gasteiger partial charge >= 0.3 is 0 Å². The summed E-state index contributed by atoms with van der Waals surface area (Å²) in [4.78, 5) is 11.7. The predicted octanol–water partition coefficient (Wildman–Crippen LogP) is 0.980. The Morgan fingerprint density at radius 3 is 2.56 bits per heavy atom. The molecule has 18 heavy (non-hydrogen) atoms. The number of rotatable bonds is 6. The smallest absolute Gasteiger partial charge is 0.249 e. The standard InChI is InChI=1S/C12H22N4O2/c1-6-18-9(4)12(17)13-7-10-14-15-11(8(2)3)16(10)5/h8-9H,6-7H2,1-5H3,(H,13,17). The molecule has 1 aromatic rings. The molecule has 0 aliphatic rings. The summed E-state index contributed by atoms with van der Waals surface area (Å²) in [6.45, 7) is 8.60. The summed E-state index contributed by atoms with van der Waals surface area (Å²) in [5.74, 6) is 1.84. The second-order valence-corrected chi connectivity index (χ2v) is 4.50. The quantitative estimate of drug-likeness (QED) is 0.821. The summed E-state index contributed by atoms with van der Waals surface area (Å²) in [6, 6.07) is 0. The maximum atomic E-state index is 11.7. The Balaban J connectivity index is 2.56. The van der Waals surface area contributed by atoms with Crippen molar-refractivity contribution < 1.29 is 9.53 Å². The van der Waals surface area contributed by atoms with Crippen molar-refractivity contribution in [1.82, 2.24) is 20.1 Å². The molecule has 1 heterocycles. The van der Waals surface area contributed by atoms with E-state index in [1.54, 1.807) is 6.92 Å². The molecule has 0 fully saturated rings. The van der Waals surface area contributed by atoms with E-state index in [1.807, 2.05) is 18.5 Å². The fourth-order valence-corrected chi connectivity index (χ4v) is 1.67. The van der Waals surface area contributed by atoms with Crippen molar-refractivity contribution in [2.75, 3.05) is 6.61 Å². The van der Waals surface area contributed by atoms with Gasteiger partial charge in [-0.25, -0.2) is 0 Å². The molecule has 0 radical (unpaired) electrons. The Morgan fingerprint density at radius 1 is 1.39 bits per heavy atom. The van der Waals surface area contributed by atoms with Crippen molar-refractivity contribution in [2.24, 2.45) is 7.05 Å². The Labute approximate surface area is 108 Å². The van der Waals surface area contributed by atoms with Gasteiger partial charge in [-0.1, -0.05) is 13.8 Å². The number of carbonyl (C=O) groups is 1. The molecule has 1 rings (SSSR count). The van der Waals surface area contributed by atoms with E-state index >= 15 is 0 Å². The number of nitrogens with zero attached hydrogens (tertiary/aromatic N) is 3. The van der Waals surface area contributed by atoms with E-state index in [-0.39, 0.29) is 5.91 Å². The van der Waals surface area contributed by atoms with E-state index in [9.17, 15) is 4.79 Å². The van der Waals surface area contributed by atoms with Crippen molar-refractivity contribution in [3.63, 3.8) is 0 Å². The average Bonchev–Trinajstić information content (AvgIpc) is 2.68. The van der Waals surface area contributed by atoms with Crippen molar-refractivity contribution in [3.05, 3.63) is 11.6 Å². The monoisotopic (exact) mass is 254 g/mol. The summed E-state index contributed by atoms with van der Waals surface area (Å²) in [5, 5.41) is 11.0. The Bertz CT molecular complexity index is 401. The van der Waals surface area contributed by atoms with Crippen LogP contribution in [-0.4, -0.2) is 33.4 Å². The van der Waals surface area contributed by atoms with Crippen LogP contribution in [-0.2, 0) is 23.1 Å². The highest BCUT2D eigenvalue weighted by atomic mass is 16.5. The number of hydrogen-bond acceptors (Lipinski definition) is 4. The highest BCUT2D eigenvalue weighted by Crippen LogP contribution is 2.11. The van der Waals surface area contributed by atoms with Gasteiger partial charge in [-0.3, -0.25) is 4.79 Å². The molecular weight excluding hydrogens is 232 g/mol. The van der Waals surface area contributed by atoms with Crippen molar-refractivity contribution in [1.29, 1.82) is 0 Å². The van der Waals surface area contributed by atoms with Gasteiger partial charge in [0.05, 0.1) is 6.54 Å². The summed E-state index contributed by atoms with van der Waals surface area (Å²) < 4.78 is 7.12. The molecule has 0 aliphatic carbocycles. The maximum absolute atomic E-state index is 11.7. The van der Waals surface area contributed by atoms with Gasteiger partial charge in [-0.15, -0.1) is 10.2 Å². The molecule has 1 amide bonds. The molecule has 1 atom stereocenters. The lowest BCUT2D eigenvalue weighted by Crippen LogP contribution is -2.34. The minimum atomic E-state index is -0.437. The van der Waals surface area contributed by atoms with Gasteiger partial charge in [0.1, 0.15) is 11.9 Å². The molecule has 1 aromatic heterocycles. The van der Waals surface area contributed by atoms with Gasteiger partial charge in [-0.2, -0.15) is 0 Å². The lowest BCUT2D eigenvalue weighted by molar-refractivity contribution is -0.131. The summed E-state index contributed by atoms with van der Waals surface area (Å²) in [7, 11) is 1.91. The van der Waals surface area contributed by atoms with E-state index in [1.165, 1.54) is 0 Å². The molecule has 0 bridgehead atoms. The van der Waals surface area contributed by atoms with E-state index < -0.39 is 6.10 Å². The third kappa shape index (κ3) is 3.53. The number of aromatic nitrogens is 3.